The number of nitrogens with zero attached hydrogens (tertiary/aromatic N) is 2. The molecule has 152 valence electrons. The Bertz CT molecular complexity index is 626. The van der Waals surface area contributed by atoms with E-state index in [2.05, 4.69) is 4.99 Å². The van der Waals surface area contributed by atoms with Crippen LogP contribution in [0.3, 0.4) is 0 Å². The van der Waals surface area contributed by atoms with Crippen LogP contribution in [0, 0.1) is 17.8 Å². The molecule has 0 aliphatic carbocycles. The van der Waals surface area contributed by atoms with Gasteiger partial charge in [-0.3, -0.25) is 4.99 Å². The Balaban J connectivity index is 2.22. The van der Waals surface area contributed by atoms with Gasteiger partial charge in [0.25, 0.3) is 0 Å². The van der Waals surface area contributed by atoms with E-state index in [1.165, 1.54) is 6.92 Å². The van der Waals surface area contributed by atoms with Crippen molar-refractivity contribution >= 4 is 11.5 Å². The Hall–Kier alpha value is -1.43. The highest BCUT2D eigenvalue weighted by Crippen LogP contribution is 2.35. The summed E-state index contributed by atoms with van der Waals surface area (Å²) in [5.41, 5.74) is 2.70. The molecule has 2 rings (SSSR count). The minimum Gasteiger partial charge on any atom is -0.381 e. The van der Waals surface area contributed by atoms with Crippen molar-refractivity contribution in [1.82, 2.24) is 0 Å². The van der Waals surface area contributed by atoms with Crippen molar-refractivity contribution < 1.29 is 17.9 Å². The summed E-state index contributed by atoms with van der Waals surface area (Å²) < 4.78 is 44.5. The largest absolute Gasteiger partial charge is 0.391 e. The van der Waals surface area contributed by atoms with Gasteiger partial charge in [0, 0.05) is 31.0 Å². The summed E-state index contributed by atoms with van der Waals surface area (Å²) >= 11 is 0. The molecule has 0 radical (unpaired) electrons. The summed E-state index contributed by atoms with van der Waals surface area (Å²) in [6.45, 7) is 9.28. The van der Waals surface area contributed by atoms with E-state index in [9.17, 15) is 13.2 Å². The van der Waals surface area contributed by atoms with Crippen LogP contribution in [0.15, 0.2) is 33.3 Å². The van der Waals surface area contributed by atoms with Crippen LogP contribution in [0.2, 0.25) is 0 Å². The summed E-state index contributed by atoms with van der Waals surface area (Å²) in [5, 5.41) is 0. The first-order chi connectivity index (χ1) is 12.7. The Kier molecular flexibility index (Phi) is 7.83. The fourth-order valence-corrected chi connectivity index (χ4v) is 3.55. The maximum absolute atomic E-state index is 13.0. The molecule has 0 N–H and O–H groups in total. The maximum Gasteiger partial charge on any atom is 0.391 e. The number of alkyl halides is 3. The molecule has 2 atom stereocenters. The molecule has 1 fully saturated rings. The van der Waals surface area contributed by atoms with Crippen LogP contribution in [-0.4, -0.2) is 37.5 Å². The molecule has 0 saturated carbocycles. The second-order valence-corrected chi connectivity index (χ2v) is 7.69. The molecule has 0 aromatic carbocycles. The lowest BCUT2D eigenvalue weighted by Gasteiger charge is -2.25. The molecule has 0 aromatic heterocycles. The maximum atomic E-state index is 13.0. The fraction of sp³-hybridized carbons (Fsp3) is 0.714. The lowest BCUT2D eigenvalue weighted by molar-refractivity contribution is -0.173. The van der Waals surface area contributed by atoms with Gasteiger partial charge in [0.05, 0.1) is 5.92 Å². The molecule has 2 heterocycles. The summed E-state index contributed by atoms with van der Waals surface area (Å²) in [5.74, 6) is -0.305. The van der Waals surface area contributed by atoms with Crippen molar-refractivity contribution in [2.75, 3.05) is 19.8 Å². The van der Waals surface area contributed by atoms with E-state index < -0.39 is 12.1 Å². The monoisotopic (exact) mass is 384 g/mol. The van der Waals surface area contributed by atoms with Crippen molar-refractivity contribution in [3.63, 3.8) is 0 Å². The quantitative estimate of drug-likeness (QED) is 0.572. The van der Waals surface area contributed by atoms with E-state index >= 15 is 0 Å². The van der Waals surface area contributed by atoms with E-state index in [1.807, 2.05) is 32.9 Å². The third-order valence-electron chi connectivity index (χ3n) is 5.58. The molecular weight excluding hydrogens is 353 g/mol. The number of aliphatic imine (C=N–C) groups is 2. The van der Waals surface area contributed by atoms with Gasteiger partial charge in [0.15, 0.2) is 5.84 Å². The number of rotatable bonds is 6. The van der Waals surface area contributed by atoms with Crippen LogP contribution in [-0.2, 0) is 4.74 Å². The number of amidine groups is 1. The first kappa shape index (κ1) is 21.9. The molecule has 2 unspecified atom stereocenters. The fourth-order valence-electron chi connectivity index (χ4n) is 3.55. The first-order valence-electron chi connectivity index (χ1n) is 9.85. The summed E-state index contributed by atoms with van der Waals surface area (Å²) in [4.78, 5) is 9.33. The van der Waals surface area contributed by atoms with Crippen LogP contribution in [0.1, 0.15) is 53.4 Å². The van der Waals surface area contributed by atoms with Crippen molar-refractivity contribution in [1.29, 1.82) is 0 Å². The van der Waals surface area contributed by atoms with E-state index in [0.29, 0.717) is 24.7 Å². The molecule has 3 nitrogen and oxygen atoms in total. The minimum atomic E-state index is -4.16. The average molecular weight is 384 g/mol. The number of halogens is 3. The van der Waals surface area contributed by atoms with E-state index in [0.717, 1.165) is 42.9 Å². The second kappa shape index (κ2) is 9.67. The van der Waals surface area contributed by atoms with E-state index in [-0.39, 0.29) is 12.3 Å². The molecule has 0 amide bonds. The van der Waals surface area contributed by atoms with Crippen molar-refractivity contribution in [3.05, 3.63) is 23.3 Å². The molecule has 2 aliphatic rings. The van der Waals surface area contributed by atoms with Gasteiger partial charge in [0.1, 0.15) is 0 Å². The van der Waals surface area contributed by atoms with Gasteiger partial charge in [-0.15, -0.1) is 0 Å². The number of ether oxygens (including phenoxy) is 1. The highest BCUT2D eigenvalue weighted by Gasteiger charge is 2.37. The Morgan fingerprint density at radius 1 is 1.30 bits per heavy atom. The van der Waals surface area contributed by atoms with Crippen LogP contribution in [0.5, 0.6) is 0 Å². The van der Waals surface area contributed by atoms with Gasteiger partial charge in [-0.25, -0.2) is 4.99 Å². The van der Waals surface area contributed by atoms with Gasteiger partial charge >= 0.3 is 6.18 Å². The lowest BCUT2D eigenvalue weighted by atomic mass is 9.84. The predicted octanol–water partition coefficient (Wildman–Crippen LogP) is 5.77. The van der Waals surface area contributed by atoms with Gasteiger partial charge < -0.3 is 4.74 Å². The highest BCUT2D eigenvalue weighted by molar-refractivity contribution is 6.14. The standard InChI is InChI=1S/C21H31F3N2O/c1-5-18(12-14(2)21(22,23)24)16(4)19-7-6-15(3)26-20(19)25-13-17-8-10-27-11-9-17/h6-7,14,17-18H,5,8-13H2,1-4H3/b19-16+,25-20?. The Morgan fingerprint density at radius 2 is 1.96 bits per heavy atom. The van der Waals surface area contributed by atoms with Crippen LogP contribution >= 0.6 is 0 Å². The first-order valence-corrected chi connectivity index (χ1v) is 9.85. The number of hydrogen-bond acceptors (Lipinski definition) is 2. The smallest absolute Gasteiger partial charge is 0.381 e. The molecule has 0 bridgehead atoms. The third kappa shape index (κ3) is 6.30. The normalized spacial score (nSPS) is 24.7. The highest BCUT2D eigenvalue weighted by atomic mass is 19.4. The molecule has 6 heteroatoms. The summed E-state index contributed by atoms with van der Waals surface area (Å²) in [6, 6.07) is 0. The van der Waals surface area contributed by atoms with E-state index in [4.69, 9.17) is 9.73 Å². The summed E-state index contributed by atoms with van der Waals surface area (Å²) in [6.07, 6.45) is 2.46. The zero-order chi connectivity index (χ0) is 20.0. The third-order valence-corrected chi connectivity index (χ3v) is 5.58. The Labute approximate surface area is 160 Å². The minimum absolute atomic E-state index is 0.0963. The zero-order valence-electron chi connectivity index (χ0n) is 16.8. The number of allylic oxidation sites excluding steroid dienone is 2. The molecular formula is C21H31F3N2O. The van der Waals surface area contributed by atoms with Crippen LogP contribution in [0.25, 0.3) is 0 Å². The van der Waals surface area contributed by atoms with Gasteiger partial charge in [-0.1, -0.05) is 19.4 Å². The zero-order valence-corrected chi connectivity index (χ0v) is 16.8. The number of dihydropyridines is 1. The Morgan fingerprint density at radius 3 is 2.56 bits per heavy atom. The van der Waals surface area contributed by atoms with Gasteiger partial charge in [-0.05, 0) is 63.5 Å². The molecule has 0 spiro atoms. The van der Waals surface area contributed by atoms with Crippen LogP contribution < -0.4 is 0 Å². The second-order valence-electron chi connectivity index (χ2n) is 7.69. The molecule has 0 aromatic rings. The van der Waals surface area contributed by atoms with Gasteiger partial charge in [-0.2, -0.15) is 13.2 Å². The molecule has 1 saturated heterocycles. The van der Waals surface area contributed by atoms with Crippen LogP contribution in [0.4, 0.5) is 13.2 Å². The van der Waals surface area contributed by atoms with Crippen molar-refractivity contribution in [3.8, 4) is 0 Å². The molecule has 27 heavy (non-hydrogen) atoms. The SMILES string of the molecule is CCC(CC(C)C(F)(F)F)/C(C)=C1\C=CC(C)=NC1=NCC1CCOCC1. The summed E-state index contributed by atoms with van der Waals surface area (Å²) in [7, 11) is 0. The topological polar surface area (TPSA) is 34.0 Å². The average Bonchev–Trinajstić information content (AvgIpc) is 2.63. The lowest BCUT2D eigenvalue weighted by Crippen LogP contribution is -2.24. The van der Waals surface area contributed by atoms with E-state index in [1.54, 1.807) is 0 Å². The van der Waals surface area contributed by atoms with Crippen molar-refractivity contribution in [2.45, 2.75) is 59.6 Å². The van der Waals surface area contributed by atoms with Crippen molar-refractivity contribution in [2.24, 2.45) is 27.7 Å². The van der Waals surface area contributed by atoms with Gasteiger partial charge in [0.2, 0.25) is 0 Å². The molecule has 2 aliphatic heterocycles. The predicted molar refractivity (Wildman–Crippen MR) is 104 cm³/mol. The number of hydrogen-bond donors (Lipinski definition) is 0.